The van der Waals surface area contributed by atoms with E-state index >= 15 is 0 Å². The Morgan fingerprint density at radius 1 is 1.11 bits per heavy atom. The lowest BCUT2D eigenvalue weighted by molar-refractivity contribution is -0.120. The number of hydrogen-bond donors (Lipinski definition) is 1. The molecule has 0 atom stereocenters. The van der Waals surface area contributed by atoms with Gasteiger partial charge in [0.15, 0.2) is 11.5 Å². The molecule has 3 heterocycles. The second-order valence-corrected chi connectivity index (χ2v) is 9.81. The molecule has 0 bridgehead atoms. The van der Waals surface area contributed by atoms with E-state index in [0.717, 1.165) is 23.3 Å². The van der Waals surface area contributed by atoms with Crippen LogP contribution in [-0.2, 0) is 27.8 Å². The minimum Gasteiger partial charge on any atom is -0.454 e. The summed E-state index contributed by atoms with van der Waals surface area (Å²) in [5.41, 5.74) is 0.913. The highest BCUT2D eigenvalue weighted by atomic mass is 32.2. The van der Waals surface area contributed by atoms with Crippen LogP contribution in [0.3, 0.4) is 0 Å². The van der Waals surface area contributed by atoms with Crippen molar-refractivity contribution in [1.29, 1.82) is 0 Å². The van der Waals surface area contributed by atoms with E-state index < -0.39 is 10.0 Å². The van der Waals surface area contributed by atoms with Crippen LogP contribution in [0.25, 0.3) is 0 Å². The number of rotatable bonds is 6. The molecule has 1 aromatic carbocycles. The van der Waals surface area contributed by atoms with E-state index in [0.29, 0.717) is 35.3 Å². The van der Waals surface area contributed by atoms with Gasteiger partial charge in [-0.25, -0.2) is 8.42 Å². The van der Waals surface area contributed by atoms with Crippen LogP contribution in [0.15, 0.2) is 34.5 Å². The molecule has 9 heteroatoms. The average Bonchev–Trinajstić information content (AvgIpc) is 3.39. The molecular weight excluding hydrogens is 388 g/mol. The van der Waals surface area contributed by atoms with E-state index in [1.54, 1.807) is 12.1 Å². The van der Waals surface area contributed by atoms with Crippen LogP contribution in [0, 0.1) is 0 Å². The summed E-state index contributed by atoms with van der Waals surface area (Å²) in [7, 11) is -3.42. The molecule has 1 aromatic heterocycles. The van der Waals surface area contributed by atoms with Crippen molar-refractivity contribution < 1.29 is 22.7 Å². The first-order valence-corrected chi connectivity index (χ1v) is 11.0. The van der Waals surface area contributed by atoms with Gasteiger partial charge >= 0.3 is 0 Å². The molecule has 2 aliphatic heterocycles. The van der Waals surface area contributed by atoms with E-state index in [-0.39, 0.29) is 19.1 Å². The van der Waals surface area contributed by atoms with Crippen molar-refractivity contribution >= 4 is 27.3 Å². The van der Waals surface area contributed by atoms with E-state index in [2.05, 4.69) is 5.32 Å². The van der Waals surface area contributed by atoms with Crippen molar-refractivity contribution in [2.75, 3.05) is 19.9 Å². The molecule has 0 aliphatic carbocycles. The number of amides is 1. The van der Waals surface area contributed by atoms with Crippen LogP contribution >= 0.6 is 11.3 Å². The van der Waals surface area contributed by atoms with Crippen molar-refractivity contribution in [2.45, 2.75) is 30.0 Å². The molecule has 2 aliphatic rings. The van der Waals surface area contributed by atoms with Gasteiger partial charge in [0.05, 0.1) is 6.42 Å². The number of fused-ring (bicyclic) bond motifs is 1. The van der Waals surface area contributed by atoms with Gasteiger partial charge in [-0.1, -0.05) is 6.07 Å². The van der Waals surface area contributed by atoms with Gasteiger partial charge in [0.1, 0.15) is 4.21 Å². The first kappa shape index (κ1) is 18.3. The molecule has 4 rings (SSSR count). The third-order valence-electron chi connectivity index (χ3n) is 4.56. The summed E-state index contributed by atoms with van der Waals surface area (Å²) < 4.78 is 37.5. The van der Waals surface area contributed by atoms with Crippen LogP contribution in [-0.4, -0.2) is 38.5 Å². The van der Waals surface area contributed by atoms with Gasteiger partial charge in [0.2, 0.25) is 12.7 Å². The van der Waals surface area contributed by atoms with E-state index in [1.165, 1.54) is 15.6 Å². The zero-order valence-electron chi connectivity index (χ0n) is 14.6. The number of thiophene rings is 1. The van der Waals surface area contributed by atoms with Gasteiger partial charge in [-0.2, -0.15) is 4.31 Å². The summed E-state index contributed by atoms with van der Waals surface area (Å²) in [6, 6.07) is 8.85. The fourth-order valence-corrected chi connectivity index (χ4v) is 6.15. The minimum absolute atomic E-state index is 0.153. The summed E-state index contributed by atoms with van der Waals surface area (Å²) in [5.74, 6) is 1.23. The number of nitrogens with zero attached hydrogens (tertiary/aromatic N) is 1. The molecule has 1 N–H and O–H groups in total. The monoisotopic (exact) mass is 408 g/mol. The van der Waals surface area contributed by atoms with E-state index in [1.807, 2.05) is 18.2 Å². The maximum absolute atomic E-state index is 12.6. The summed E-state index contributed by atoms with van der Waals surface area (Å²) in [4.78, 5) is 12.9. The molecule has 1 fully saturated rings. The van der Waals surface area contributed by atoms with Crippen molar-refractivity contribution in [1.82, 2.24) is 9.62 Å². The van der Waals surface area contributed by atoms with Crippen LogP contribution in [0.2, 0.25) is 0 Å². The molecule has 0 saturated carbocycles. The lowest BCUT2D eigenvalue weighted by Crippen LogP contribution is -2.27. The maximum atomic E-state index is 12.6. The van der Waals surface area contributed by atoms with E-state index in [4.69, 9.17) is 9.47 Å². The van der Waals surface area contributed by atoms with Gasteiger partial charge in [-0.3, -0.25) is 4.79 Å². The Kier molecular flexibility index (Phi) is 5.07. The zero-order valence-corrected chi connectivity index (χ0v) is 16.3. The topological polar surface area (TPSA) is 84.9 Å². The minimum atomic E-state index is -3.42. The highest BCUT2D eigenvalue weighted by Crippen LogP contribution is 2.32. The Hall–Kier alpha value is -2.10. The molecule has 27 heavy (non-hydrogen) atoms. The zero-order chi connectivity index (χ0) is 18.9. The Morgan fingerprint density at radius 3 is 2.70 bits per heavy atom. The third kappa shape index (κ3) is 3.95. The van der Waals surface area contributed by atoms with Gasteiger partial charge in [-0.15, -0.1) is 11.3 Å². The number of nitrogens with one attached hydrogen (secondary N) is 1. The number of ether oxygens (including phenoxy) is 2. The second-order valence-electron chi connectivity index (χ2n) is 6.47. The summed E-state index contributed by atoms with van der Waals surface area (Å²) >= 11 is 1.17. The van der Waals surface area contributed by atoms with Gasteiger partial charge in [0, 0.05) is 24.5 Å². The molecule has 0 spiro atoms. The van der Waals surface area contributed by atoms with E-state index in [9.17, 15) is 13.2 Å². The predicted octanol–water partition coefficient (Wildman–Crippen LogP) is 2.12. The number of carbonyl (C=O) groups excluding carboxylic acids is 1. The molecule has 0 unspecified atom stereocenters. The molecule has 1 amide bonds. The average molecular weight is 409 g/mol. The largest absolute Gasteiger partial charge is 0.454 e. The van der Waals surface area contributed by atoms with Gasteiger partial charge in [-0.05, 0) is 42.7 Å². The Bertz CT molecular complexity index is 948. The van der Waals surface area contributed by atoms with Crippen molar-refractivity contribution in [3.8, 4) is 11.5 Å². The maximum Gasteiger partial charge on any atom is 0.252 e. The fraction of sp³-hybridized carbons (Fsp3) is 0.389. The van der Waals surface area contributed by atoms with Crippen LogP contribution < -0.4 is 14.8 Å². The van der Waals surface area contributed by atoms with Crippen molar-refractivity contribution in [3.63, 3.8) is 0 Å². The summed E-state index contributed by atoms with van der Waals surface area (Å²) in [6.07, 6.45) is 1.96. The molecule has 144 valence electrons. The number of hydrogen-bond acceptors (Lipinski definition) is 6. The number of sulfonamides is 1. The summed E-state index contributed by atoms with van der Waals surface area (Å²) in [5, 5.41) is 2.85. The van der Waals surface area contributed by atoms with Crippen LogP contribution in [0.5, 0.6) is 11.5 Å². The standard InChI is InChI=1S/C18H20N2O5S2/c21-17(19-11-13-3-5-15-16(9-13)25-12-24-15)10-14-4-6-18(26-14)27(22,23)20-7-1-2-8-20/h3-6,9H,1-2,7-8,10-12H2,(H,19,21). The number of benzene rings is 1. The quantitative estimate of drug-likeness (QED) is 0.791. The highest BCUT2D eigenvalue weighted by molar-refractivity contribution is 7.91. The first-order chi connectivity index (χ1) is 13.0. The lowest BCUT2D eigenvalue weighted by atomic mass is 10.2. The lowest BCUT2D eigenvalue weighted by Gasteiger charge is -2.13. The third-order valence-corrected chi connectivity index (χ3v) is 8.01. The highest BCUT2D eigenvalue weighted by Gasteiger charge is 2.28. The Morgan fingerprint density at radius 2 is 1.89 bits per heavy atom. The van der Waals surface area contributed by atoms with Crippen LogP contribution in [0.4, 0.5) is 0 Å². The molecular formula is C18H20N2O5S2. The summed E-state index contributed by atoms with van der Waals surface area (Å²) in [6.45, 7) is 1.74. The van der Waals surface area contributed by atoms with Gasteiger partial charge in [0.25, 0.3) is 10.0 Å². The van der Waals surface area contributed by atoms with Crippen molar-refractivity contribution in [3.05, 3.63) is 40.8 Å². The molecule has 7 nitrogen and oxygen atoms in total. The molecule has 1 saturated heterocycles. The first-order valence-electron chi connectivity index (χ1n) is 8.76. The van der Waals surface area contributed by atoms with Crippen molar-refractivity contribution in [2.24, 2.45) is 0 Å². The predicted molar refractivity (Wildman–Crippen MR) is 100 cm³/mol. The fourth-order valence-electron chi connectivity index (χ4n) is 3.12. The Labute approximate surface area is 161 Å². The molecule has 2 aromatic rings. The van der Waals surface area contributed by atoms with Gasteiger partial charge < -0.3 is 14.8 Å². The number of carbonyl (C=O) groups is 1. The molecule has 0 radical (unpaired) electrons. The Balaban J connectivity index is 1.34. The normalized spacial score (nSPS) is 16.6. The second kappa shape index (κ2) is 7.49. The van der Waals surface area contributed by atoms with Crippen LogP contribution in [0.1, 0.15) is 23.3 Å². The SMILES string of the molecule is O=C(Cc1ccc(S(=O)(=O)N2CCCC2)s1)NCc1ccc2c(c1)OCO2. The smallest absolute Gasteiger partial charge is 0.252 e.